The first kappa shape index (κ1) is 23.9. The van der Waals surface area contributed by atoms with Crippen molar-refractivity contribution in [1.29, 1.82) is 0 Å². The Labute approximate surface area is 164 Å². The van der Waals surface area contributed by atoms with Crippen LogP contribution in [-0.2, 0) is 14.2 Å². The van der Waals surface area contributed by atoms with Crippen molar-refractivity contribution >= 4 is 29.9 Å². The van der Waals surface area contributed by atoms with Gasteiger partial charge in [0.05, 0.1) is 25.9 Å². The molecule has 2 unspecified atom stereocenters. The second-order valence-electron chi connectivity index (χ2n) is 7.19. The van der Waals surface area contributed by atoms with E-state index >= 15 is 0 Å². The summed E-state index contributed by atoms with van der Waals surface area (Å²) in [6, 6.07) is 0. The van der Waals surface area contributed by atoms with Gasteiger partial charge in [-0.25, -0.2) is 0 Å². The number of ether oxygens (including phenoxy) is 3. The Balaban J connectivity index is 0.00000529. The number of nitrogens with one attached hydrogen (secondary N) is 1. The van der Waals surface area contributed by atoms with Gasteiger partial charge < -0.3 is 24.4 Å². The smallest absolute Gasteiger partial charge is 0.193 e. The Morgan fingerprint density at radius 1 is 1.29 bits per heavy atom. The average molecular weight is 457 g/mol. The van der Waals surface area contributed by atoms with E-state index in [4.69, 9.17) is 14.2 Å². The van der Waals surface area contributed by atoms with Gasteiger partial charge in [-0.1, -0.05) is 20.8 Å². The van der Waals surface area contributed by atoms with Crippen LogP contribution in [-0.4, -0.2) is 77.7 Å². The molecule has 0 radical (unpaired) electrons. The maximum absolute atomic E-state index is 5.65. The quantitative estimate of drug-likeness (QED) is 0.262. The highest BCUT2D eigenvalue weighted by molar-refractivity contribution is 14.0. The van der Waals surface area contributed by atoms with Crippen LogP contribution in [0, 0.1) is 11.3 Å². The van der Waals surface area contributed by atoms with E-state index in [2.05, 4.69) is 36.0 Å². The molecule has 1 fully saturated rings. The highest BCUT2D eigenvalue weighted by atomic mass is 127. The third kappa shape index (κ3) is 8.31. The lowest BCUT2D eigenvalue weighted by molar-refractivity contribution is 0.0201. The van der Waals surface area contributed by atoms with Crippen molar-refractivity contribution in [3.05, 3.63) is 0 Å². The highest BCUT2D eigenvalue weighted by Gasteiger charge is 2.28. The van der Waals surface area contributed by atoms with Crippen molar-refractivity contribution in [2.24, 2.45) is 16.3 Å². The van der Waals surface area contributed by atoms with Gasteiger partial charge in [-0.05, 0) is 11.8 Å². The van der Waals surface area contributed by atoms with Crippen LogP contribution in [0.2, 0.25) is 0 Å². The molecule has 0 aliphatic carbocycles. The van der Waals surface area contributed by atoms with Gasteiger partial charge in [-0.2, -0.15) is 0 Å². The first-order valence-corrected chi connectivity index (χ1v) is 8.47. The van der Waals surface area contributed by atoms with E-state index in [-0.39, 0.29) is 35.5 Å². The van der Waals surface area contributed by atoms with Crippen molar-refractivity contribution in [3.8, 4) is 0 Å². The van der Waals surface area contributed by atoms with Gasteiger partial charge in [-0.15, -0.1) is 24.0 Å². The third-order valence-corrected chi connectivity index (χ3v) is 4.28. The molecule has 6 nitrogen and oxygen atoms in total. The number of hydrogen-bond acceptors (Lipinski definition) is 4. The van der Waals surface area contributed by atoms with Gasteiger partial charge >= 0.3 is 0 Å². The number of guanidine groups is 1. The number of rotatable bonds is 8. The molecular formula is C17H36IN3O3. The van der Waals surface area contributed by atoms with Gasteiger partial charge in [0.2, 0.25) is 0 Å². The van der Waals surface area contributed by atoms with E-state index in [1.807, 2.05) is 7.05 Å². The summed E-state index contributed by atoms with van der Waals surface area (Å²) >= 11 is 0. The summed E-state index contributed by atoms with van der Waals surface area (Å²) < 4.78 is 16.2. The number of methoxy groups -OCH3 is 2. The molecule has 7 heteroatoms. The summed E-state index contributed by atoms with van der Waals surface area (Å²) in [5.41, 5.74) is 0.101. The molecule has 1 heterocycles. The lowest BCUT2D eigenvalue weighted by Crippen LogP contribution is -2.46. The minimum atomic E-state index is 0. The van der Waals surface area contributed by atoms with Crippen molar-refractivity contribution in [3.63, 3.8) is 0 Å². The molecule has 1 aliphatic heterocycles. The zero-order valence-electron chi connectivity index (χ0n) is 16.1. The number of likely N-dealkylation sites (tertiary alicyclic amines) is 1. The van der Waals surface area contributed by atoms with Crippen LogP contribution >= 0.6 is 24.0 Å². The fourth-order valence-electron chi connectivity index (χ4n) is 2.81. The van der Waals surface area contributed by atoms with Crippen LogP contribution in [0.5, 0.6) is 0 Å². The van der Waals surface area contributed by atoms with Gasteiger partial charge in [0.25, 0.3) is 0 Å². The maximum atomic E-state index is 5.65. The predicted molar refractivity (Wildman–Crippen MR) is 109 cm³/mol. The Kier molecular flexibility index (Phi) is 12.2. The Hall–Kier alpha value is -0.120. The third-order valence-electron chi connectivity index (χ3n) is 4.28. The summed E-state index contributed by atoms with van der Waals surface area (Å²) in [6.45, 7) is 11.5. The largest absolute Gasteiger partial charge is 0.382 e. The zero-order chi connectivity index (χ0) is 17.3. The van der Waals surface area contributed by atoms with Crippen LogP contribution in [0.15, 0.2) is 4.99 Å². The molecular weight excluding hydrogens is 421 g/mol. The van der Waals surface area contributed by atoms with E-state index in [0.29, 0.717) is 19.1 Å². The van der Waals surface area contributed by atoms with E-state index in [0.717, 1.165) is 38.6 Å². The lowest BCUT2D eigenvalue weighted by atomic mass is 9.89. The van der Waals surface area contributed by atoms with Gasteiger partial charge in [0.1, 0.15) is 0 Å². The van der Waals surface area contributed by atoms with Crippen LogP contribution in [0.3, 0.4) is 0 Å². The molecule has 24 heavy (non-hydrogen) atoms. The Bertz CT molecular complexity index is 361. The molecule has 0 aromatic carbocycles. The molecule has 1 saturated heterocycles. The lowest BCUT2D eigenvalue weighted by Gasteiger charge is -2.31. The molecule has 0 amide bonds. The molecule has 1 N–H and O–H groups in total. The first-order valence-electron chi connectivity index (χ1n) is 8.47. The van der Waals surface area contributed by atoms with Crippen LogP contribution in [0.1, 0.15) is 27.2 Å². The fraction of sp³-hybridized carbons (Fsp3) is 0.941. The Morgan fingerprint density at radius 3 is 2.54 bits per heavy atom. The molecule has 144 valence electrons. The molecule has 0 bridgehead atoms. The van der Waals surface area contributed by atoms with Gasteiger partial charge in [0.15, 0.2) is 5.96 Å². The fourth-order valence-corrected chi connectivity index (χ4v) is 2.81. The van der Waals surface area contributed by atoms with E-state index in [9.17, 15) is 0 Å². The number of nitrogens with zero attached hydrogens (tertiary/aromatic N) is 2. The molecule has 0 aromatic heterocycles. The predicted octanol–water partition coefficient (Wildman–Crippen LogP) is 2.23. The summed E-state index contributed by atoms with van der Waals surface area (Å²) in [7, 11) is 5.30. The number of halogens is 1. The maximum Gasteiger partial charge on any atom is 0.193 e. The summed E-state index contributed by atoms with van der Waals surface area (Å²) in [4.78, 5) is 6.72. The number of hydrogen-bond donors (Lipinski definition) is 1. The normalized spacial score (nSPS) is 20.0. The monoisotopic (exact) mass is 457 g/mol. The second-order valence-corrected chi connectivity index (χ2v) is 7.19. The second kappa shape index (κ2) is 12.3. The van der Waals surface area contributed by atoms with Crippen molar-refractivity contribution < 1.29 is 14.2 Å². The molecule has 0 spiro atoms. The Morgan fingerprint density at radius 2 is 2.00 bits per heavy atom. The molecule has 0 saturated carbocycles. The first-order chi connectivity index (χ1) is 10.9. The molecule has 0 aromatic rings. The average Bonchev–Trinajstić information content (AvgIpc) is 2.95. The van der Waals surface area contributed by atoms with Crippen LogP contribution in [0.25, 0.3) is 0 Å². The molecule has 1 aliphatic rings. The molecule has 1 rings (SSSR count). The minimum absolute atomic E-state index is 0. The van der Waals surface area contributed by atoms with Crippen LogP contribution < -0.4 is 5.32 Å². The van der Waals surface area contributed by atoms with E-state index in [1.165, 1.54) is 0 Å². The van der Waals surface area contributed by atoms with E-state index in [1.54, 1.807) is 14.2 Å². The minimum Gasteiger partial charge on any atom is -0.382 e. The van der Waals surface area contributed by atoms with Gasteiger partial charge in [0, 0.05) is 46.8 Å². The molecule has 2 atom stereocenters. The van der Waals surface area contributed by atoms with Crippen molar-refractivity contribution in [2.75, 3.05) is 60.7 Å². The van der Waals surface area contributed by atoms with Crippen molar-refractivity contribution in [2.45, 2.75) is 33.3 Å². The summed E-state index contributed by atoms with van der Waals surface area (Å²) in [5, 5.41) is 3.46. The summed E-state index contributed by atoms with van der Waals surface area (Å²) in [6.07, 6.45) is 1.29. The topological polar surface area (TPSA) is 55.3 Å². The zero-order valence-corrected chi connectivity index (χ0v) is 18.5. The van der Waals surface area contributed by atoms with E-state index < -0.39 is 0 Å². The summed E-state index contributed by atoms with van der Waals surface area (Å²) in [5.74, 6) is 1.52. The van der Waals surface area contributed by atoms with Crippen molar-refractivity contribution in [1.82, 2.24) is 10.2 Å². The highest BCUT2D eigenvalue weighted by Crippen LogP contribution is 2.21. The van der Waals surface area contributed by atoms with Gasteiger partial charge in [-0.3, -0.25) is 4.99 Å². The van der Waals surface area contributed by atoms with Crippen LogP contribution in [0.4, 0.5) is 0 Å². The standard InChI is InChI=1S/C17H35N3O3.HI/c1-17(2,3)15(22-6)11-19-16(18-4)20-8-7-14(12-20)13-23-10-9-21-5;/h14-15H,7-13H2,1-6H3,(H,18,19);1H. The number of aliphatic imine (C=N–C) groups is 1. The SMILES string of the molecule is CN=C(NCC(OC)C(C)(C)C)N1CCC(COCCOC)C1.I.